The van der Waals surface area contributed by atoms with Gasteiger partial charge in [-0.2, -0.15) is 11.3 Å². The van der Waals surface area contributed by atoms with E-state index in [9.17, 15) is 0 Å². The quantitative estimate of drug-likeness (QED) is 0.601. The zero-order valence-corrected chi connectivity index (χ0v) is 14.8. The number of nitrogens with zero attached hydrogens (tertiary/aromatic N) is 2. The van der Waals surface area contributed by atoms with Crippen molar-refractivity contribution in [3.8, 4) is 10.6 Å². The molecular formula is C16H15BrN2S2. The lowest BCUT2D eigenvalue weighted by molar-refractivity contribution is 0.315. The van der Waals surface area contributed by atoms with Crippen molar-refractivity contribution in [2.24, 2.45) is 0 Å². The summed E-state index contributed by atoms with van der Waals surface area (Å²) in [7, 11) is 2.13. The molecule has 0 N–H and O–H groups in total. The maximum absolute atomic E-state index is 4.73. The van der Waals surface area contributed by atoms with Crippen molar-refractivity contribution >= 4 is 38.6 Å². The molecule has 3 aromatic rings. The fourth-order valence-electron chi connectivity index (χ4n) is 2.15. The average Bonchev–Trinajstić information content (AvgIpc) is 3.12. The van der Waals surface area contributed by atoms with E-state index in [1.807, 2.05) is 6.07 Å². The number of hydrogen-bond donors (Lipinski definition) is 0. The minimum Gasteiger partial charge on any atom is -0.296 e. The predicted octanol–water partition coefficient (Wildman–Crippen LogP) is 5.27. The standard InChI is InChI=1S/C16H15BrN2S2/c1-19(8-12-4-2-3-5-15(12)17)9-14-11-21-16(18-14)13-6-7-20-10-13/h2-7,10-11H,8-9H2,1H3. The van der Waals surface area contributed by atoms with Gasteiger partial charge in [0, 0.05) is 33.9 Å². The minimum absolute atomic E-state index is 0.863. The highest BCUT2D eigenvalue weighted by atomic mass is 79.9. The van der Waals surface area contributed by atoms with Gasteiger partial charge >= 0.3 is 0 Å². The Morgan fingerprint density at radius 3 is 2.76 bits per heavy atom. The van der Waals surface area contributed by atoms with Gasteiger partial charge in [0.15, 0.2) is 0 Å². The highest BCUT2D eigenvalue weighted by Crippen LogP contribution is 2.26. The summed E-state index contributed by atoms with van der Waals surface area (Å²) < 4.78 is 1.16. The highest BCUT2D eigenvalue weighted by Gasteiger charge is 2.09. The van der Waals surface area contributed by atoms with Crippen LogP contribution in [-0.2, 0) is 13.1 Å². The Bertz CT molecular complexity index is 707. The van der Waals surface area contributed by atoms with Gasteiger partial charge in [-0.15, -0.1) is 11.3 Å². The molecule has 0 atom stereocenters. The number of aromatic nitrogens is 1. The van der Waals surface area contributed by atoms with E-state index in [0.717, 1.165) is 28.3 Å². The van der Waals surface area contributed by atoms with Crippen LogP contribution in [0.5, 0.6) is 0 Å². The molecular weight excluding hydrogens is 364 g/mol. The summed E-state index contributed by atoms with van der Waals surface area (Å²) in [6, 6.07) is 10.5. The minimum atomic E-state index is 0.863. The van der Waals surface area contributed by atoms with E-state index < -0.39 is 0 Å². The van der Waals surface area contributed by atoms with Gasteiger partial charge in [-0.25, -0.2) is 4.98 Å². The second-order valence-corrected chi connectivity index (χ2v) is 7.41. The maximum atomic E-state index is 4.73. The van der Waals surface area contributed by atoms with Crippen LogP contribution in [0.15, 0.2) is 50.9 Å². The Morgan fingerprint density at radius 2 is 2.00 bits per heavy atom. The molecule has 3 rings (SSSR count). The van der Waals surface area contributed by atoms with Crippen LogP contribution in [0.1, 0.15) is 11.3 Å². The zero-order valence-electron chi connectivity index (χ0n) is 11.6. The predicted molar refractivity (Wildman–Crippen MR) is 94.7 cm³/mol. The molecule has 0 unspecified atom stereocenters. The van der Waals surface area contributed by atoms with Gasteiger partial charge in [0.25, 0.3) is 0 Å². The average molecular weight is 379 g/mol. The number of rotatable bonds is 5. The maximum Gasteiger partial charge on any atom is 0.124 e. The third-order valence-electron chi connectivity index (χ3n) is 3.15. The van der Waals surface area contributed by atoms with Crippen LogP contribution in [-0.4, -0.2) is 16.9 Å². The molecule has 108 valence electrons. The normalized spacial score (nSPS) is 11.2. The third-order valence-corrected chi connectivity index (χ3v) is 5.55. The van der Waals surface area contributed by atoms with Crippen molar-refractivity contribution < 1.29 is 0 Å². The Kier molecular flexibility index (Phi) is 4.85. The first-order chi connectivity index (χ1) is 10.2. The fourth-order valence-corrected chi connectivity index (χ4v) is 4.08. The summed E-state index contributed by atoms with van der Waals surface area (Å²) in [6.07, 6.45) is 0. The van der Waals surface area contributed by atoms with Crippen LogP contribution in [0.4, 0.5) is 0 Å². The molecule has 0 saturated carbocycles. The molecule has 1 aromatic carbocycles. The first-order valence-corrected chi connectivity index (χ1v) is 9.23. The van der Waals surface area contributed by atoms with Crippen LogP contribution in [0, 0.1) is 0 Å². The van der Waals surface area contributed by atoms with Gasteiger partial charge < -0.3 is 0 Å². The van der Waals surface area contributed by atoms with Gasteiger partial charge in [-0.05, 0) is 30.1 Å². The summed E-state index contributed by atoms with van der Waals surface area (Å²) in [5.74, 6) is 0. The molecule has 0 aliphatic carbocycles. The number of benzene rings is 1. The van der Waals surface area contributed by atoms with Crippen molar-refractivity contribution in [2.45, 2.75) is 13.1 Å². The van der Waals surface area contributed by atoms with E-state index in [4.69, 9.17) is 4.98 Å². The van der Waals surface area contributed by atoms with E-state index >= 15 is 0 Å². The van der Waals surface area contributed by atoms with Gasteiger partial charge in [0.1, 0.15) is 5.01 Å². The Balaban J connectivity index is 1.65. The van der Waals surface area contributed by atoms with Gasteiger partial charge in [0.2, 0.25) is 0 Å². The largest absolute Gasteiger partial charge is 0.296 e. The molecule has 0 radical (unpaired) electrons. The second-order valence-electron chi connectivity index (χ2n) is 4.92. The molecule has 2 nitrogen and oxygen atoms in total. The van der Waals surface area contributed by atoms with Gasteiger partial charge in [-0.3, -0.25) is 4.90 Å². The Labute approximate surface area is 141 Å². The van der Waals surface area contributed by atoms with E-state index in [1.165, 1.54) is 11.1 Å². The summed E-state index contributed by atoms with van der Waals surface area (Å²) in [5, 5.41) is 7.51. The Morgan fingerprint density at radius 1 is 1.14 bits per heavy atom. The van der Waals surface area contributed by atoms with Crippen LogP contribution in [0.2, 0.25) is 0 Å². The number of hydrogen-bond acceptors (Lipinski definition) is 4. The molecule has 0 bridgehead atoms. The summed E-state index contributed by atoms with van der Waals surface area (Å²) in [4.78, 5) is 7.01. The molecule has 2 heterocycles. The summed E-state index contributed by atoms with van der Waals surface area (Å²) in [5.41, 5.74) is 3.66. The number of halogens is 1. The molecule has 21 heavy (non-hydrogen) atoms. The summed E-state index contributed by atoms with van der Waals surface area (Å²) in [6.45, 7) is 1.77. The van der Waals surface area contributed by atoms with E-state index in [-0.39, 0.29) is 0 Å². The molecule has 0 aliphatic heterocycles. The van der Waals surface area contributed by atoms with E-state index in [0.29, 0.717) is 0 Å². The molecule has 0 fully saturated rings. The van der Waals surface area contributed by atoms with Crippen molar-refractivity contribution in [3.63, 3.8) is 0 Å². The first kappa shape index (κ1) is 14.9. The molecule has 5 heteroatoms. The van der Waals surface area contributed by atoms with Crippen LogP contribution >= 0.6 is 38.6 Å². The van der Waals surface area contributed by atoms with Crippen molar-refractivity contribution in [3.05, 3.63) is 62.2 Å². The molecule has 0 aliphatic rings. The van der Waals surface area contributed by atoms with Crippen LogP contribution in [0.25, 0.3) is 10.6 Å². The summed E-state index contributed by atoms with van der Waals surface area (Å²) >= 11 is 7.03. The molecule has 0 amide bonds. The molecule has 0 saturated heterocycles. The van der Waals surface area contributed by atoms with Crippen LogP contribution in [0.3, 0.4) is 0 Å². The smallest absolute Gasteiger partial charge is 0.124 e. The van der Waals surface area contributed by atoms with Crippen molar-refractivity contribution in [2.75, 3.05) is 7.05 Å². The van der Waals surface area contributed by atoms with Crippen molar-refractivity contribution in [1.29, 1.82) is 0 Å². The van der Waals surface area contributed by atoms with Gasteiger partial charge in [-0.1, -0.05) is 34.1 Å². The SMILES string of the molecule is CN(Cc1csc(-c2ccsc2)n1)Cc1ccccc1Br. The van der Waals surface area contributed by atoms with E-state index in [1.54, 1.807) is 22.7 Å². The lowest BCUT2D eigenvalue weighted by Crippen LogP contribution is -2.17. The van der Waals surface area contributed by atoms with Gasteiger partial charge in [0.05, 0.1) is 5.69 Å². The topological polar surface area (TPSA) is 16.1 Å². The van der Waals surface area contributed by atoms with Crippen molar-refractivity contribution in [1.82, 2.24) is 9.88 Å². The highest BCUT2D eigenvalue weighted by molar-refractivity contribution is 9.10. The lowest BCUT2D eigenvalue weighted by Gasteiger charge is -2.16. The zero-order chi connectivity index (χ0) is 14.7. The van der Waals surface area contributed by atoms with Crippen LogP contribution < -0.4 is 0 Å². The van der Waals surface area contributed by atoms with E-state index in [2.05, 4.69) is 68.3 Å². The first-order valence-electron chi connectivity index (χ1n) is 6.61. The Hall–Kier alpha value is -1.01. The molecule has 2 aromatic heterocycles. The number of thiophene rings is 1. The second kappa shape index (κ2) is 6.83. The molecule has 0 spiro atoms. The fraction of sp³-hybridized carbons (Fsp3) is 0.188. The third kappa shape index (κ3) is 3.80. The number of thiazole rings is 1. The lowest BCUT2D eigenvalue weighted by atomic mass is 10.2. The monoisotopic (exact) mass is 378 g/mol.